The van der Waals surface area contributed by atoms with E-state index in [4.69, 9.17) is 15.2 Å². The van der Waals surface area contributed by atoms with Crippen molar-refractivity contribution in [3.05, 3.63) is 17.7 Å². The van der Waals surface area contributed by atoms with Crippen molar-refractivity contribution in [2.24, 2.45) is 5.73 Å². The Hall–Kier alpha value is -1.99. The van der Waals surface area contributed by atoms with Crippen molar-refractivity contribution in [2.45, 2.75) is 51.6 Å². The van der Waals surface area contributed by atoms with E-state index >= 15 is 0 Å². The molecule has 1 aliphatic heterocycles. The molecule has 2 amide bonds. The molecule has 1 aromatic carbocycles. The number of carbonyl (C=O) groups is 2. The van der Waals surface area contributed by atoms with Gasteiger partial charge in [0.1, 0.15) is 0 Å². The number of rotatable bonds is 6. The molecule has 0 bridgehead atoms. The van der Waals surface area contributed by atoms with Gasteiger partial charge in [-0.1, -0.05) is 0 Å². The van der Waals surface area contributed by atoms with Gasteiger partial charge in [0.05, 0.1) is 25.5 Å². The fourth-order valence-electron chi connectivity index (χ4n) is 3.46. The van der Waals surface area contributed by atoms with Gasteiger partial charge >= 0.3 is 0 Å². The van der Waals surface area contributed by atoms with Gasteiger partial charge in [-0.2, -0.15) is 0 Å². The van der Waals surface area contributed by atoms with Crippen LogP contribution in [0.3, 0.4) is 0 Å². The van der Waals surface area contributed by atoms with Crippen molar-refractivity contribution in [1.29, 1.82) is 0 Å². The number of likely N-dealkylation sites (tertiary alicyclic amines) is 1. The Morgan fingerprint density at radius 3 is 2.22 bits per heavy atom. The maximum absolute atomic E-state index is 13.3. The van der Waals surface area contributed by atoms with Crippen molar-refractivity contribution < 1.29 is 19.1 Å². The fourth-order valence-corrected chi connectivity index (χ4v) is 3.46. The zero-order valence-electron chi connectivity index (χ0n) is 16.4. The number of hydrogen-bond donors (Lipinski definition) is 2. The molecule has 1 saturated heterocycles. The molecule has 27 heavy (non-hydrogen) atoms. The summed E-state index contributed by atoms with van der Waals surface area (Å²) < 4.78 is 10.7. The summed E-state index contributed by atoms with van der Waals surface area (Å²) in [5.41, 5.74) is 6.27. The van der Waals surface area contributed by atoms with Crippen LogP contribution in [0.1, 0.15) is 49.9 Å². The number of benzene rings is 1. The van der Waals surface area contributed by atoms with Crippen LogP contribution in [-0.2, 0) is 4.79 Å². The molecule has 0 aliphatic carbocycles. The fraction of sp³-hybridized carbons (Fsp3) is 0.579. The molecule has 1 aromatic rings. The topological polar surface area (TPSA) is 93.9 Å². The summed E-state index contributed by atoms with van der Waals surface area (Å²) in [5.74, 6) is 0.541. The summed E-state index contributed by atoms with van der Waals surface area (Å²) in [6.45, 7) is 4.35. The van der Waals surface area contributed by atoms with E-state index in [-0.39, 0.29) is 49.3 Å². The summed E-state index contributed by atoms with van der Waals surface area (Å²) >= 11 is 0. The lowest BCUT2D eigenvalue weighted by Crippen LogP contribution is -2.47. The first-order chi connectivity index (χ1) is 12.4. The molecule has 1 aliphatic rings. The average Bonchev–Trinajstić information content (AvgIpc) is 2.61. The summed E-state index contributed by atoms with van der Waals surface area (Å²) in [7, 11) is 3.03. The summed E-state index contributed by atoms with van der Waals surface area (Å²) in [4.78, 5) is 27.3. The Balaban J connectivity index is 0.00000364. The van der Waals surface area contributed by atoms with E-state index in [1.165, 1.54) is 14.2 Å². The minimum absolute atomic E-state index is 0. The maximum atomic E-state index is 13.3. The van der Waals surface area contributed by atoms with E-state index in [0.29, 0.717) is 22.7 Å². The first kappa shape index (κ1) is 23.0. The van der Waals surface area contributed by atoms with Crippen LogP contribution in [-0.4, -0.2) is 49.6 Å². The van der Waals surface area contributed by atoms with Crippen molar-refractivity contribution in [3.8, 4) is 11.5 Å². The average molecular weight is 400 g/mol. The minimum Gasteiger partial charge on any atom is -0.493 e. The lowest BCUT2D eigenvalue weighted by molar-refractivity contribution is -0.116. The second-order valence-corrected chi connectivity index (χ2v) is 6.68. The summed E-state index contributed by atoms with van der Waals surface area (Å²) in [6, 6.07) is 3.55. The molecular weight excluding hydrogens is 370 g/mol. The van der Waals surface area contributed by atoms with Crippen LogP contribution in [0.15, 0.2) is 12.1 Å². The number of methoxy groups -OCH3 is 2. The van der Waals surface area contributed by atoms with Gasteiger partial charge in [-0.25, -0.2) is 0 Å². The number of hydrogen-bond acceptors (Lipinski definition) is 5. The highest BCUT2D eigenvalue weighted by Gasteiger charge is 2.31. The number of nitrogens with one attached hydrogen (secondary N) is 1. The molecule has 2 unspecified atom stereocenters. The smallest absolute Gasteiger partial charge is 0.256 e. The molecule has 2 atom stereocenters. The van der Waals surface area contributed by atoms with E-state index in [1.807, 2.05) is 4.90 Å². The number of anilines is 1. The van der Waals surface area contributed by atoms with Gasteiger partial charge in [0.2, 0.25) is 5.91 Å². The zero-order valence-corrected chi connectivity index (χ0v) is 17.2. The summed E-state index contributed by atoms with van der Waals surface area (Å²) in [6.07, 6.45) is 3.23. The van der Waals surface area contributed by atoms with Crippen LogP contribution < -0.4 is 20.5 Å². The van der Waals surface area contributed by atoms with Gasteiger partial charge < -0.3 is 25.4 Å². The second kappa shape index (κ2) is 10.4. The van der Waals surface area contributed by atoms with E-state index in [9.17, 15) is 9.59 Å². The third-order valence-electron chi connectivity index (χ3n) is 4.83. The molecule has 8 heteroatoms. The number of carbonyl (C=O) groups excluding carboxylic acids is 2. The van der Waals surface area contributed by atoms with E-state index < -0.39 is 0 Å². The van der Waals surface area contributed by atoms with Gasteiger partial charge in [-0.05, 0) is 39.2 Å². The van der Waals surface area contributed by atoms with Gasteiger partial charge in [0, 0.05) is 31.1 Å². The lowest BCUT2D eigenvalue weighted by atomic mass is 9.96. The van der Waals surface area contributed by atoms with Gasteiger partial charge in [-0.3, -0.25) is 9.59 Å². The van der Waals surface area contributed by atoms with Crippen LogP contribution in [0.4, 0.5) is 5.69 Å². The normalized spacial score (nSPS) is 19.1. The molecule has 0 radical (unpaired) electrons. The van der Waals surface area contributed by atoms with Gasteiger partial charge in [-0.15, -0.1) is 12.4 Å². The number of halogens is 1. The highest BCUT2D eigenvalue weighted by atomic mass is 35.5. The van der Waals surface area contributed by atoms with Crippen LogP contribution in [0.25, 0.3) is 0 Å². The largest absolute Gasteiger partial charge is 0.493 e. The van der Waals surface area contributed by atoms with Crippen molar-refractivity contribution >= 4 is 29.9 Å². The molecule has 0 saturated carbocycles. The number of nitrogens with two attached hydrogens (primary N) is 1. The highest BCUT2D eigenvalue weighted by molar-refractivity contribution is 6.05. The SMILES string of the molecule is COc1cc(NC(=O)CCN)c(C(=O)N2C(C)CCCC2C)cc1OC.Cl. The van der Waals surface area contributed by atoms with Crippen molar-refractivity contribution in [1.82, 2.24) is 4.90 Å². The molecule has 0 aromatic heterocycles. The third-order valence-corrected chi connectivity index (χ3v) is 4.83. The highest BCUT2D eigenvalue weighted by Crippen LogP contribution is 2.35. The summed E-state index contributed by atoms with van der Waals surface area (Å²) in [5, 5.41) is 2.79. The second-order valence-electron chi connectivity index (χ2n) is 6.68. The number of ether oxygens (including phenoxy) is 2. The Bertz CT molecular complexity index is 659. The Kier molecular flexibility index (Phi) is 8.85. The van der Waals surface area contributed by atoms with E-state index in [1.54, 1.807) is 12.1 Å². The van der Waals surface area contributed by atoms with Crippen molar-refractivity contribution in [3.63, 3.8) is 0 Å². The minimum atomic E-state index is -0.242. The third kappa shape index (κ3) is 5.26. The predicted molar refractivity (Wildman–Crippen MR) is 108 cm³/mol. The monoisotopic (exact) mass is 399 g/mol. The standard InChI is InChI=1S/C19H29N3O4.ClH/c1-12-6-5-7-13(2)22(12)19(24)14-10-16(25-3)17(26-4)11-15(14)21-18(23)8-9-20;/h10-13H,5-9,20H2,1-4H3,(H,21,23);1H. The van der Waals surface area contributed by atoms with Gasteiger partial charge in [0.25, 0.3) is 5.91 Å². The molecule has 1 fully saturated rings. The van der Waals surface area contributed by atoms with E-state index in [2.05, 4.69) is 19.2 Å². The maximum Gasteiger partial charge on any atom is 0.256 e. The van der Waals surface area contributed by atoms with Crippen LogP contribution >= 0.6 is 12.4 Å². The Morgan fingerprint density at radius 2 is 1.70 bits per heavy atom. The quantitative estimate of drug-likeness (QED) is 0.767. The van der Waals surface area contributed by atoms with Crippen LogP contribution in [0, 0.1) is 0 Å². The van der Waals surface area contributed by atoms with E-state index in [0.717, 1.165) is 19.3 Å². The first-order valence-electron chi connectivity index (χ1n) is 9.01. The Morgan fingerprint density at radius 1 is 1.15 bits per heavy atom. The molecule has 1 heterocycles. The first-order valence-corrected chi connectivity index (χ1v) is 9.01. The van der Waals surface area contributed by atoms with Gasteiger partial charge in [0.15, 0.2) is 11.5 Å². The molecule has 3 N–H and O–H groups in total. The number of piperidine rings is 1. The van der Waals surface area contributed by atoms with Crippen LogP contribution in [0.2, 0.25) is 0 Å². The Labute approximate surface area is 167 Å². The molecule has 152 valence electrons. The zero-order chi connectivity index (χ0) is 19.3. The lowest BCUT2D eigenvalue weighted by Gasteiger charge is -2.39. The molecule has 7 nitrogen and oxygen atoms in total. The number of nitrogens with zero attached hydrogens (tertiary/aromatic N) is 1. The van der Waals surface area contributed by atoms with Crippen LogP contribution in [0.5, 0.6) is 11.5 Å². The molecular formula is C19H30ClN3O4. The predicted octanol–water partition coefficient (Wildman–Crippen LogP) is 2.82. The molecule has 2 rings (SSSR count). The van der Waals surface area contributed by atoms with Crippen molar-refractivity contribution in [2.75, 3.05) is 26.1 Å². The molecule has 0 spiro atoms. The number of amides is 2.